The maximum atomic E-state index is 11.9. The fourth-order valence-electron chi connectivity index (χ4n) is 2.62. The normalized spacial score (nSPS) is 15.8. The summed E-state index contributed by atoms with van der Waals surface area (Å²) in [5.74, 6) is 0.674. The number of benzene rings is 1. The van der Waals surface area contributed by atoms with Gasteiger partial charge >= 0.3 is 0 Å². The molecule has 1 N–H and O–H groups in total. The van der Waals surface area contributed by atoms with Crippen molar-refractivity contribution in [3.8, 4) is 0 Å². The van der Waals surface area contributed by atoms with Gasteiger partial charge in [-0.25, -0.2) is 4.68 Å². The third-order valence-corrected chi connectivity index (χ3v) is 4.00. The van der Waals surface area contributed by atoms with E-state index in [2.05, 4.69) is 44.8 Å². The van der Waals surface area contributed by atoms with E-state index in [1.165, 1.54) is 29.5 Å². The summed E-state index contributed by atoms with van der Waals surface area (Å²) in [6.45, 7) is 4.62. The minimum absolute atomic E-state index is 0.110. The number of piperidine rings is 1. The highest BCUT2D eigenvalue weighted by atomic mass is 16.2. The second kappa shape index (κ2) is 6.55. The molecular formula is C15H20N6O. The SMILES string of the molecule is CC1CCN(c2ccc(NC(=O)Cn3cnnn3)cc2)CC1. The number of nitrogens with one attached hydrogen (secondary N) is 1. The van der Waals surface area contributed by atoms with E-state index >= 15 is 0 Å². The predicted molar refractivity (Wildman–Crippen MR) is 83.5 cm³/mol. The number of nitrogens with zero attached hydrogens (tertiary/aromatic N) is 5. The van der Waals surface area contributed by atoms with Gasteiger partial charge in [0.2, 0.25) is 5.91 Å². The molecule has 0 radical (unpaired) electrons. The quantitative estimate of drug-likeness (QED) is 0.927. The highest BCUT2D eigenvalue weighted by Gasteiger charge is 2.15. The van der Waals surface area contributed by atoms with Crippen LogP contribution in [0.1, 0.15) is 19.8 Å². The summed E-state index contributed by atoms with van der Waals surface area (Å²) in [5.41, 5.74) is 2.00. The van der Waals surface area contributed by atoms with E-state index in [0.717, 1.165) is 24.7 Å². The standard InChI is InChI=1S/C15H20N6O/c1-12-6-8-20(9-7-12)14-4-2-13(3-5-14)17-15(22)10-21-11-16-18-19-21/h2-5,11-12H,6-10H2,1H3,(H,17,22). The third kappa shape index (κ3) is 3.60. The molecule has 1 saturated heterocycles. The van der Waals surface area contributed by atoms with E-state index in [4.69, 9.17) is 0 Å². The molecule has 1 aliphatic heterocycles. The van der Waals surface area contributed by atoms with Crippen LogP contribution >= 0.6 is 0 Å². The maximum absolute atomic E-state index is 11.9. The molecule has 3 rings (SSSR count). The van der Waals surface area contributed by atoms with E-state index in [1.807, 2.05) is 12.1 Å². The van der Waals surface area contributed by atoms with Crippen LogP contribution in [0.3, 0.4) is 0 Å². The molecule has 2 aromatic rings. The van der Waals surface area contributed by atoms with Gasteiger partial charge in [-0.1, -0.05) is 6.92 Å². The van der Waals surface area contributed by atoms with Crippen LogP contribution in [0.2, 0.25) is 0 Å². The number of aromatic nitrogens is 4. The highest BCUT2D eigenvalue weighted by molar-refractivity contribution is 5.90. The number of carbonyl (C=O) groups is 1. The molecule has 1 aliphatic rings. The van der Waals surface area contributed by atoms with E-state index in [0.29, 0.717) is 0 Å². The van der Waals surface area contributed by atoms with Gasteiger partial charge in [0.25, 0.3) is 0 Å². The first-order chi connectivity index (χ1) is 10.7. The van der Waals surface area contributed by atoms with Gasteiger partial charge in [-0.3, -0.25) is 4.79 Å². The average molecular weight is 300 g/mol. The van der Waals surface area contributed by atoms with Crippen molar-refractivity contribution in [1.82, 2.24) is 20.2 Å². The number of amides is 1. The van der Waals surface area contributed by atoms with Crippen LogP contribution in [0, 0.1) is 5.92 Å². The van der Waals surface area contributed by atoms with Crippen molar-refractivity contribution in [2.24, 2.45) is 5.92 Å². The van der Waals surface area contributed by atoms with Crippen molar-refractivity contribution in [2.45, 2.75) is 26.3 Å². The van der Waals surface area contributed by atoms with Gasteiger partial charge in [0.1, 0.15) is 12.9 Å². The molecule has 0 bridgehead atoms. The number of carbonyl (C=O) groups excluding carboxylic acids is 1. The van der Waals surface area contributed by atoms with Crippen LogP contribution in [0.5, 0.6) is 0 Å². The van der Waals surface area contributed by atoms with E-state index in [1.54, 1.807) is 0 Å². The number of tetrazole rings is 1. The minimum Gasteiger partial charge on any atom is -0.372 e. The summed E-state index contributed by atoms with van der Waals surface area (Å²) in [4.78, 5) is 14.3. The third-order valence-electron chi connectivity index (χ3n) is 4.00. The molecule has 1 amide bonds. The molecule has 0 saturated carbocycles. The number of anilines is 2. The average Bonchev–Trinajstić information content (AvgIpc) is 3.02. The summed E-state index contributed by atoms with van der Waals surface area (Å²) >= 11 is 0. The summed E-state index contributed by atoms with van der Waals surface area (Å²) in [7, 11) is 0. The summed E-state index contributed by atoms with van der Waals surface area (Å²) in [5, 5.41) is 13.5. The van der Waals surface area contributed by atoms with Crippen molar-refractivity contribution in [2.75, 3.05) is 23.3 Å². The second-order valence-electron chi connectivity index (χ2n) is 5.77. The lowest BCUT2D eigenvalue weighted by Gasteiger charge is -2.32. The Balaban J connectivity index is 1.56. The summed E-state index contributed by atoms with van der Waals surface area (Å²) < 4.78 is 1.39. The zero-order valence-electron chi connectivity index (χ0n) is 12.6. The molecule has 1 fully saturated rings. The van der Waals surface area contributed by atoms with E-state index < -0.39 is 0 Å². The van der Waals surface area contributed by atoms with Crippen molar-refractivity contribution in [3.05, 3.63) is 30.6 Å². The van der Waals surface area contributed by atoms with E-state index in [9.17, 15) is 4.79 Å². The molecule has 0 atom stereocenters. The molecule has 116 valence electrons. The Morgan fingerprint density at radius 3 is 2.64 bits per heavy atom. The van der Waals surface area contributed by atoms with Gasteiger partial charge in [-0.15, -0.1) is 5.10 Å². The Morgan fingerprint density at radius 2 is 2.00 bits per heavy atom. The fourth-order valence-corrected chi connectivity index (χ4v) is 2.62. The molecular weight excluding hydrogens is 280 g/mol. The molecule has 1 aromatic carbocycles. The molecule has 1 aromatic heterocycles. The smallest absolute Gasteiger partial charge is 0.246 e. The minimum atomic E-state index is -0.146. The Bertz CT molecular complexity index is 601. The Morgan fingerprint density at radius 1 is 1.27 bits per heavy atom. The summed E-state index contributed by atoms with van der Waals surface area (Å²) in [6.07, 6.45) is 3.90. The number of hydrogen-bond donors (Lipinski definition) is 1. The van der Waals surface area contributed by atoms with Crippen molar-refractivity contribution < 1.29 is 4.79 Å². The first kappa shape index (κ1) is 14.5. The first-order valence-corrected chi connectivity index (χ1v) is 7.56. The topological polar surface area (TPSA) is 75.9 Å². The molecule has 2 heterocycles. The van der Waals surface area contributed by atoms with Gasteiger partial charge in [-0.05, 0) is 53.5 Å². The van der Waals surface area contributed by atoms with Crippen LogP contribution in [0.25, 0.3) is 0 Å². The predicted octanol–water partition coefficient (Wildman–Crippen LogP) is 1.55. The maximum Gasteiger partial charge on any atom is 0.246 e. The van der Waals surface area contributed by atoms with Gasteiger partial charge in [0.15, 0.2) is 0 Å². The molecule has 0 unspecified atom stereocenters. The second-order valence-corrected chi connectivity index (χ2v) is 5.77. The molecule has 7 heteroatoms. The van der Waals surface area contributed by atoms with Crippen molar-refractivity contribution >= 4 is 17.3 Å². The van der Waals surface area contributed by atoms with Crippen LogP contribution in [-0.4, -0.2) is 39.2 Å². The zero-order chi connectivity index (χ0) is 15.4. The van der Waals surface area contributed by atoms with Gasteiger partial charge in [0.05, 0.1) is 0 Å². The summed E-state index contributed by atoms with van der Waals surface area (Å²) in [6, 6.07) is 7.99. The van der Waals surface area contributed by atoms with E-state index in [-0.39, 0.29) is 12.5 Å². The lowest BCUT2D eigenvalue weighted by molar-refractivity contribution is -0.116. The lowest BCUT2D eigenvalue weighted by atomic mass is 9.99. The first-order valence-electron chi connectivity index (χ1n) is 7.56. The molecule has 0 aliphatic carbocycles. The number of rotatable bonds is 4. The van der Waals surface area contributed by atoms with Gasteiger partial charge in [-0.2, -0.15) is 0 Å². The van der Waals surface area contributed by atoms with Crippen LogP contribution in [-0.2, 0) is 11.3 Å². The van der Waals surface area contributed by atoms with Crippen molar-refractivity contribution in [1.29, 1.82) is 0 Å². The molecule has 22 heavy (non-hydrogen) atoms. The van der Waals surface area contributed by atoms with Crippen molar-refractivity contribution in [3.63, 3.8) is 0 Å². The highest BCUT2D eigenvalue weighted by Crippen LogP contribution is 2.24. The Labute approximate surface area is 129 Å². The number of hydrogen-bond acceptors (Lipinski definition) is 5. The van der Waals surface area contributed by atoms with Gasteiger partial charge in [0, 0.05) is 24.5 Å². The Hall–Kier alpha value is -2.44. The molecule has 7 nitrogen and oxygen atoms in total. The van der Waals surface area contributed by atoms with Gasteiger partial charge < -0.3 is 10.2 Å². The molecule has 0 spiro atoms. The van der Waals surface area contributed by atoms with Crippen LogP contribution < -0.4 is 10.2 Å². The zero-order valence-corrected chi connectivity index (χ0v) is 12.6. The monoisotopic (exact) mass is 300 g/mol. The van der Waals surface area contributed by atoms with Crippen LogP contribution in [0.15, 0.2) is 30.6 Å². The fraction of sp³-hybridized carbons (Fsp3) is 0.467. The van der Waals surface area contributed by atoms with Crippen LogP contribution in [0.4, 0.5) is 11.4 Å². The lowest BCUT2D eigenvalue weighted by Crippen LogP contribution is -2.32. The largest absolute Gasteiger partial charge is 0.372 e. The Kier molecular flexibility index (Phi) is 4.32.